The number of fused-ring (bicyclic) bond motifs is 1. The highest BCUT2D eigenvalue weighted by molar-refractivity contribution is 7.89. The van der Waals surface area contributed by atoms with E-state index in [1.807, 2.05) is 12.1 Å². The van der Waals surface area contributed by atoms with Gasteiger partial charge >= 0.3 is 0 Å². The Hall–Kier alpha value is -0.870. The van der Waals surface area contributed by atoms with Crippen LogP contribution in [0.5, 0.6) is 0 Å². The summed E-state index contributed by atoms with van der Waals surface area (Å²) in [5, 5.41) is 0. The molecule has 1 aromatic rings. The molecule has 20 heavy (non-hydrogen) atoms. The first kappa shape index (κ1) is 14.1. The summed E-state index contributed by atoms with van der Waals surface area (Å²) < 4.78 is 27.5. The van der Waals surface area contributed by atoms with Crippen LogP contribution >= 0.6 is 0 Å². The second kappa shape index (κ2) is 5.86. The third-order valence-corrected chi connectivity index (χ3v) is 6.09. The zero-order chi connectivity index (χ0) is 14.0. The van der Waals surface area contributed by atoms with Crippen molar-refractivity contribution in [2.45, 2.75) is 56.3 Å². The molecule has 0 atom stereocenters. The molecule has 0 bridgehead atoms. The third kappa shape index (κ3) is 3.07. The van der Waals surface area contributed by atoms with Gasteiger partial charge in [0.15, 0.2) is 0 Å². The average Bonchev–Trinajstić information content (AvgIpc) is 2.94. The highest BCUT2D eigenvalue weighted by Crippen LogP contribution is 2.26. The Labute approximate surface area is 121 Å². The molecule has 0 radical (unpaired) electrons. The molecule has 0 heterocycles. The van der Waals surface area contributed by atoms with Crippen molar-refractivity contribution in [3.05, 3.63) is 29.3 Å². The lowest BCUT2D eigenvalue weighted by Crippen LogP contribution is -2.30. The van der Waals surface area contributed by atoms with Crippen LogP contribution in [0.1, 0.15) is 49.7 Å². The lowest BCUT2D eigenvalue weighted by Gasteiger charge is -2.21. The fraction of sp³-hybridized carbons (Fsp3) is 0.625. The van der Waals surface area contributed by atoms with Gasteiger partial charge in [-0.2, -0.15) is 0 Å². The minimum atomic E-state index is -3.33. The van der Waals surface area contributed by atoms with E-state index in [1.54, 1.807) is 6.07 Å². The largest absolute Gasteiger partial charge is 0.240 e. The normalized spacial score (nSPS) is 20.0. The molecule has 0 spiro atoms. The van der Waals surface area contributed by atoms with Crippen LogP contribution in [0.25, 0.3) is 0 Å². The van der Waals surface area contributed by atoms with Crippen LogP contribution in [0.15, 0.2) is 23.1 Å². The molecule has 0 amide bonds. The van der Waals surface area contributed by atoms with Gasteiger partial charge in [0.25, 0.3) is 0 Å². The SMILES string of the molecule is O=S(=O)(NCC1CCCCC1)c1ccc2c(c1)CCC2. The average molecular weight is 293 g/mol. The van der Waals surface area contributed by atoms with E-state index in [0.29, 0.717) is 17.4 Å². The molecule has 2 aliphatic carbocycles. The Morgan fingerprint density at radius 3 is 2.55 bits per heavy atom. The molecule has 3 nitrogen and oxygen atoms in total. The summed E-state index contributed by atoms with van der Waals surface area (Å²) in [6, 6.07) is 5.61. The van der Waals surface area contributed by atoms with E-state index in [2.05, 4.69) is 4.72 Å². The van der Waals surface area contributed by atoms with Crippen molar-refractivity contribution in [1.82, 2.24) is 4.72 Å². The molecule has 4 heteroatoms. The van der Waals surface area contributed by atoms with E-state index in [4.69, 9.17) is 0 Å². The molecule has 0 saturated heterocycles. The maximum absolute atomic E-state index is 12.4. The van der Waals surface area contributed by atoms with Crippen molar-refractivity contribution >= 4 is 10.0 Å². The van der Waals surface area contributed by atoms with Crippen LogP contribution < -0.4 is 4.72 Å². The molecular weight excluding hydrogens is 270 g/mol. The summed E-state index contributed by atoms with van der Waals surface area (Å²) >= 11 is 0. The van der Waals surface area contributed by atoms with Gasteiger partial charge in [-0.15, -0.1) is 0 Å². The fourth-order valence-electron chi connectivity index (χ4n) is 3.42. The Morgan fingerprint density at radius 2 is 1.75 bits per heavy atom. The number of sulfonamides is 1. The van der Waals surface area contributed by atoms with Crippen LogP contribution in [0.4, 0.5) is 0 Å². The maximum Gasteiger partial charge on any atom is 0.240 e. The van der Waals surface area contributed by atoms with E-state index in [0.717, 1.165) is 32.1 Å². The van der Waals surface area contributed by atoms with Gasteiger partial charge < -0.3 is 0 Å². The summed E-state index contributed by atoms with van der Waals surface area (Å²) in [4.78, 5) is 0.439. The van der Waals surface area contributed by atoms with Gasteiger partial charge in [0.2, 0.25) is 10.0 Å². The van der Waals surface area contributed by atoms with E-state index in [9.17, 15) is 8.42 Å². The van der Waals surface area contributed by atoms with Crippen molar-refractivity contribution in [3.8, 4) is 0 Å². The van der Waals surface area contributed by atoms with E-state index in [1.165, 1.54) is 30.4 Å². The van der Waals surface area contributed by atoms with E-state index < -0.39 is 10.0 Å². The Balaban J connectivity index is 1.68. The highest BCUT2D eigenvalue weighted by Gasteiger charge is 2.20. The van der Waals surface area contributed by atoms with Gasteiger partial charge in [0, 0.05) is 6.54 Å². The van der Waals surface area contributed by atoms with Crippen molar-refractivity contribution in [1.29, 1.82) is 0 Å². The number of aryl methyl sites for hydroxylation is 2. The number of rotatable bonds is 4. The molecule has 0 aromatic heterocycles. The van der Waals surface area contributed by atoms with Crippen molar-refractivity contribution in [2.75, 3.05) is 6.54 Å². The monoisotopic (exact) mass is 293 g/mol. The minimum absolute atomic E-state index is 0.439. The Kier molecular flexibility index (Phi) is 4.13. The van der Waals surface area contributed by atoms with E-state index >= 15 is 0 Å². The van der Waals surface area contributed by atoms with Gasteiger partial charge in [0.05, 0.1) is 4.90 Å². The molecule has 0 aliphatic heterocycles. The topological polar surface area (TPSA) is 46.2 Å². The molecule has 2 aliphatic rings. The number of hydrogen-bond donors (Lipinski definition) is 1. The van der Waals surface area contributed by atoms with Crippen LogP contribution in [0.3, 0.4) is 0 Å². The van der Waals surface area contributed by atoms with Crippen LogP contribution in [-0.2, 0) is 22.9 Å². The van der Waals surface area contributed by atoms with Crippen LogP contribution in [-0.4, -0.2) is 15.0 Å². The fourth-order valence-corrected chi connectivity index (χ4v) is 4.58. The standard InChI is InChI=1S/C16H23NO2S/c18-20(19,17-12-13-5-2-1-3-6-13)16-10-9-14-7-4-8-15(14)11-16/h9-11,13,17H,1-8,12H2. The van der Waals surface area contributed by atoms with Crippen LogP contribution in [0.2, 0.25) is 0 Å². The molecule has 1 fully saturated rings. The molecule has 0 unspecified atom stereocenters. The summed E-state index contributed by atoms with van der Waals surface area (Å²) in [5.41, 5.74) is 2.53. The zero-order valence-electron chi connectivity index (χ0n) is 11.9. The maximum atomic E-state index is 12.4. The first-order valence-electron chi connectivity index (χ1n) is 7.77. The first-order valence-corrected chi connectivity index (χ1v) is 9.25. The predicted octanol–water partition coefficient (Wildman–Crippen LogP) is 3.03. The lowest BCUT2D eigenvalue weighted by atomic mass is 9.90. The molecular formula is C16H23NO2S. The van der Waals surface area contributed by atoms with E-state index in [-0.39, 0.29) is 0 Å². The summed E-state index contributed by atoms with van der Waals surface area (Å²) in [5.74, 6) is 0.521. The summed E-state index contributed by atoms with van der Waals surface area (Å²) in [7, 11) is -3.33. The molecule has 1 saturated carbocycles. The van der Waals surface area contributed by atoms with Gasteiger partial charge in [-0.25, -0.2) is 13.1 Å². The Bertz CT molecular complexity index is 574. The smallest absolute Gasteiger partial charge is 0.211 e. The summed E-state index contributed by atoms with van der Waals surface area (Å²) in [6.45, 7) is 0.597. The summed E-state index contributed by atoms with van der Waals surface area (Å²) in [6.07, 6.45) is 9.35. The molecule has 110 valence electrons. The Morgan fingerprint density at radius 1 is 1.00 bits per heavy atom. The van der Waals surface area contributed by atoms with Crippen molar-refractivity contribution < 1.29 is 8.42 Å². The predicted molar refractivity (Wildman–Crippen MR) is 80.2 cm³/mol. The van der Waals surface area contributed by atoms with Gasteiger partial charge in [-0.3, -0.25) is 0 Å². The lowest BCUT2D eigenvalue weighted by molar-refractivity contribution is 0.357. The van der Waals surface area contributed by atoms with Gasteiger partial charge in [-0.05, 0) is 61.3 Å². The van der Waals surface area contributed by atoms with Crippen molar-refractivity contribution in [3.63, 3.8) is 0 Å². The van der Waals surface area contributed by atoms with Gasteiger partial charge in [0.1, 0.15) is 0 Å². The number of benzene rings is 1. The molecule has 1 N–H and O–H groups in total. The second-order valence-corrected chi connectivity index (χ2v) is 7.91. The van der Waals surface area contributed by atoms with Crippen molar-refractivity contribution in [2.24, 2.45) is 5.92 Å². The third-order valence-electron chi connectivity index (χ3n) is 4.67. The zero-order valence-corrected chi connectivity index (χ0v) is 12.7. The number of nitrogens with one attached hydrogen (secondary N) is 1. The first-order chi connectivity index (χ1) is 9.65. The quantitative estimate of drug-likeness (QED) is 0.927. The van der Waals surface area contributed by atoms with Crippen LogP contribution in [0, 0.1) is 5.92 Å². The molecule has 3 rings (SSSR count). The number of hydrogen-bond acceptors (Lipinski definition) is 2. The highest BCUT2D eigenvalue weighted by atomic mass is 32.2. The molecule has 1 aromatic carbocycles. The minimum Gasteiger partial charge on any atom is -0.211 e. The second-order valence-electron chi connectivity index (χ2n) is 6.14. The van der Waals surface area contributed by atoms with Gasteiger partial charge in [-0.1, -0.05) is 25.3 Å².